The van der Waals surface area contributed by atoms with Crippen molar-refractivity contribution in [2.45, 2.75) is 26.2 Å². The van der Waals surface area contributed by atoms with E-state index >= 15 is 0 Å². The Balaban J connectivity index is 2.23. The van der Waals surface area contributed by atoms with Crippen LogP contribution in [0.1, 0.15) is 36.5 Å². The molecular weight excluding hydrogens is 452 g/mol. The van der Waals surface area contributed by atoms with E-state index in [2.05, 4.69) is 31.9 Å². The minimum Gasteiger partial charge on any atom is -0.508 e. The highest BCUT2D eigenvalue weighted by Crippen LogP contribution is 2.34. The van der Waals surface area contributed by atoms with Gasteiger partial charge in [-0.1, -0.05) is 57.8 Å². The lowest BCUT2D eigenvalue weighted by Gasteiger charge is -2.14. The normalized spacial score (nSPS) is 11.0. The molecule has 0 heterocycles. The van der Waals surface area contributed by atoms with Crippen molar-refractivity contribution >= 4 is 37.6 Å². The van der Waals surface area contributed by atoms with Crippen molar-refractivity contribution in [3.63, 3.8) is 0 Å². The number of hydrogen-bond donors (Lipinski definition) is 2. The van der Waals surface area contributed by atoms with Crippen LogP contribution in [0.15, 0.2) is 39.3 Å². The van der Waals surface area contributed by atoms with Gasteiger partial charge in [0.15, 0.2) is 5.78 Å². The van der Waals surface area contributed by atoms with Crippen LogP contribution in [0.4, 0.5) is 0 Å². The summed E-state index contributed by atoms with van der Waals surface area (Å²) in [5.41, 5.74) is 3.06. The van der Waals surface area contributed by atoms with E-state index in [-0.39, 0.29) is 18.3 Å². The molecule has 0 bridgehead atoms. The average Bonchev–Trinajstić information content (AvgIpc) is 2.57. The molecule has 0 radical (unpaired) electrons. The number of carbonyl (C=O) groups is 1. The Morgan fingerprint density at radius 3 is 2.36 bits per heavy atom. The zero-order valence-corrected chi connectivity index (χ0v) is 17.2. The summed E-state index contributed by atoms with van der Waals surface area (Å²) in [6.45, 7) is 3.40. The minimum absolute atomic E-state index is 0.162. The van der Waals surface area contributed by atoms with Crippen LogP contribution >= 0.6 is 31.9 Å². The molecule has 0 aliphatic rings. The van der Waals surface area contributed by atoms with E-state index in [0.717, 1.165) is 25.6 Å². The zero-order chi connectivity index (χ0) is 18.6. The highest BCUT2D eigenvalue weighted by atomic mass is 79.9. The number of phenolic OH excluding ortho intramolecular Hbond substituents is 1. The average molecular weight is 472 g/mol. The van der Waals surface area contributed by atoms with Crippen LogP contribution in [-0.2, 0) is 11.2 Å². The van der Waals surface area contributed by atoms with Crippen LogP contribution in [0, 0.1) is 0 Å². The van der Waals surface area contributed by atoms with Gasteiger partial charge in [0.05, 0.1) is 0 Å². The highest BCUT2D eigenvalue weighted by molar-refractivity contribution is 9.11. The highest BCUT2D eigenvalue weighted by Gasteiger charge is 2.13. The molecule has 0 amide bonds. The fraction of sp³-hybridized carbons (Fsp3) is 0.316. The molecular formula is C19H20Br2O4. The SMILES string of the molecule is CC(C)c1cc(Cc2c(Br)cc(OCC(=O)CO)cc2Br)ccc1O. The van der Waals surface area contributed by atoms with E-state index in [4.69, 9.17) is 9.84 Å². The molecule has 0 fully saturated rings. The second kappa shape index (κ2) is 8.83. The third-order valence-corrected chi connectivity index (χ3v) is 5.20. The van der Waals surface area contributed by atoms with Gasteiger partial charge in [0.1, 0.15) is 24.7 Å². The van der Waals surface area contributed by atoms with Crippen LogP contribution in [0.3, 0.4) is 0 Å². The van der Waals surface area contributed by atoms with Gasteiger partial charge in [-0.05, 0) is 47.2 Å². The fourth-order valence-corrected chi connectivity index (χ4v) is 3.85. The smallest absolute Gasteiger partial charge is 0.195 e. The molecule has 2 aromatic rings. The van der Waals surface area contributed by atoms with Crippen molar-refractivity contribution in [2.24, 2.45) is 0 Å². The van der Waals surface area contributed by atoms with Gasteiger partial charge in [-0.15, -0.1) is 0 Å². The molecule has 2 N–H and O–H groups in total. The lowest BCUT2D eigenvalue weighted by atomic mass is 9.96. The number of ketones is 1. The van der Waals surface area contributed by atoms with Gasteiger partial charge in [0.2, 0.25) is 0 Å². The molecule has 0 aliphatic carbocycles. The van der Waals surface area contributed by atoms with Crippen LogP contribution in [0.25, 0.3) is 0 Å². The lowest BCUT2D eigenvalue weighted by molar-refractivity contribution is -0.123. The molecule has 0 aromatic heterocycles. The molecule has 0 aliphatic heterocycles. The van der Waals surface area contributed by atoms with Gasteiger partial charge in [0, 0.05) is 8.95 Å². The maximum atomic E-state index is 11.2. The molecule has 25 heavy (non-hydrogen) atoms. The number of Topliss-reactive ketones (excluding diaryl/α,β-unsaturated/α-hetero) is 1. The number of aromatic hydroxyl groups is 1. The summed E-state index contributed by atoms with van der Waals surface area (Å²) >= 11 is 7.10. The molecule has 0 saturated heterocycles. The standard InChI is InChI=1S/C19H20Br2O4/c1-11(2)15-5-12(3-4-19(15)24)6-16-17(20)7-14(8-18(16)21)25-10-13(23)9-22/h3-5,7-8,11,22,24H,6,9-10H2,1-2H3. The Bertz CT molecular complexity index is 749. The minimum atomic E-state index is -0.528. The monoisotopic (exact) mass is 470 g/mol. The Morgan fingerprint density at radius 1 is 1.16 bits per heavy atom. The Hall–Kier alpha value is -1.37. The summed E-state index contributed by atoms with van der Waals surface area (Å²) in [4.78, 5) is 11.2. The first-order chi connectivity index (χ1) is 11.8. The van der Waals surface area contributed by atoms with Gasteiger partial charge in [-0.3, -0.25) is 4.79 Å². The van der Waals surface area contributed by atoms with E-state index in [9.17, 15) is 9.90 Å². The van der Waals surface area contributed by atoms with E-state index in [1.54, 1.807) is 18.2 Å². The number of ether oxygens (including phenoxy) is 1. The third kappa shape index (κ3) is 5.30. The first-order valence-corrected chi connectivity index (χ1v) is 9.45. The van der Waals surface area contributed by atoms with Crippen molar-refractivity contribution in [2.75, 3.05) is 13.2 Å². The topological polar surface area (TPSA) is 66.8 Å². The Labute approximate surface area is 164 Å². The summed E-state index contributed by atoms with van der Waals surface area (Å²) in [7, 11) is 0. The first kappa shape index (κ1) is 19.9. The van der Waals surface area contributed by atoms with Crippen LogP contribution in [0.5, 0.6) is 11.5 Å². The molecule has 6 heteroatoms. The van der Waals surface area contributed by atoms with Crippen molar-refractivity contribution < 1.29 is 19.7 Å². The quantitative estimate of drug-likeness (QED) is 0.620. The summed E-state index contributed by atoms with van der Waals surface area (Å²) in [6, 6.07) is 9.25. The van der Waals surface area contributed by atoms with Crippen LogP contribution in [-0.4, -0.2) is 29.2 Å². The van der Waals surface area contributed by atoms with Crippen molar-refractivity contribution in [1.29, 1.82) is 0 Å². The number of carbonyl (C=O) groups excluding carboxylic acids is 1. The summed E-state index contributed by atoms with van der Waals surface area (Å²) in [6.07, 6.45) is 0.678. The molecule has 134 valence electrons. The molecule has 0 spiro atoms. The van der Waals surface area contributed by atoms with Gasteiger partial charge < -0.3 is 14.9 Å². The number of halogens is 2. The molecule has 0 atom stereocenters. The van der Waals surface area contributed by atoms with E-state index < -0.39 is 6.61 Å². The summed E-state index contributed by atoms with van der Waals surface area (Å²) in [5, 5.41) is 18.7. The second-order valence-electron chi connectivity index (χ2n) is 6.08. The predicted molar refractivity (Wildman–Crippen MR) is 104 cm³/mol. The van der Waals surface area contributed by atoms with E-state index in [1.807, 2.05) is 26.0 Å². The maximum Gasteiger partial charge on any atom is 0.195 e. The Kier molecular flexibility index (Phi) is 7.04. The number of benzene rings is 2. The van der Waals surface area contributed by atoms with Gasteiger partial charge >= 0.3 is 0 Å². The van der Waals surface area contributed by atoms with Crippen LogP contribution in [0.2, 0.25) is 0 Å². The zero-order valence-electron chi connectivity index (χ0n) is 14.1. The second-order valence-corrected chi connectivity index (χ2v) is 7.78. The molecule has 0 unspecified atom stereocenters. The van der Waals surface area contributed by atoms with Crippen molar-refractivity contribution in [3.8, 4) is 11.5 Å². The Morgan fingerprint density at radius 2 is 1.80 bits per heavy atom. The van der Waals surface area contributed by atoms with Gasteiger partial charge in [-0.2, -0.15) is 0 Å². The van der Waals surface area contributed by atoms with Gasteiger partial charge in [0.25, 0.3) is 0 Å². The van der Waals surface area contributed by atoms with E-state index in [1.165, 1.54) is 0 Å². The molecule has 4 nitrogen and oxygen atoms in total. The molecule has 2 rings (SSSR count). The molecule has 0 saturated carbocycles. The summed E-state index contributed by atoms with van der Waals surface area (Å²) in [5.74, 6) is 0.723. The number of rotatable bonds is 7. The molecule has 2 aromatic carbocycles. The third-order valence-electron chi connectivity index (χ3n) is 3.79. The van der Waals surface area contributed by atoms with Crippen LogP contribution < -0.4 is 4.74 Å². The van der Waals surface area contributed by atoms with Gasteiger partial charge in [-0.25, -0.2) is 0 Å². The fourth-order valence-electron chi connectivity index (χ4n) is 2.42. The number of hydrogen-bond acceptors (Lipinski definition) is 4. The van der Waals surface area contributed by atoms with Crippen molar-refractivity contribution in [1.82, 2.24) is 0 Å². The number of aliphatic hydroxyl groups is 1. The lowest BCUT2D eigenvalue weighted by Crippen LogP contribution is -2.14. The first-order valence-electron chi connectivity index (χ1n) is 7.87. The summed E-state index contributed by atoms with van der Waals surface area (Å²) < 4.78 is 7.10. The maximum absolute atomic E-state index is 11.2. The van der Waals surface area contributed by atoms with Crippen molar-refractivity contribution in [3.05, 3.63) is 56.0 Å². The number of phenols is 1. The van der Waals surface area contributed by atoms with E-state index in [0.29, 0.717) is 17.9 Å². The largest absolute Gasteiger partial charge is 0.508 e. The predicted octanol–water partition coefficient (Wildman–Crippen LogP) is 4.57. The number of aliphatic hydroxyl groups excluding tert-OH is 1.